The Hall–Kier alpha value is -3.01. The number of rotatable bonds is 10. The number of nitrogen functional groups attached to an aromatic ring is 1. The number of esters is 1. The van der Waals surface area contributed by atoms with Crippen LogP contribution in [0.5, 0.6) is 5.75 Å². The second kappa shape index (κ2) is 12.0. The Morgan fingerprint density at radius 3 is 2.65 bits per heavy atom. The lowest BCUT2D eigenvalue weighted by molar-refractivity contribution is -0.139. The van der Waals surface area contributed by atoms with Crippen molar-refractivity contribution in [3.63, 3.8) is 0 Å². The van der Waals surface area contributed by atoms with E-state index in [0.29, 0.717) is 29.3 Å². The molecule has 31 heavy (non-hydrogen) atoms. The van der Waals surface area contributed by atoms with Crippen molar-refractivity contribution in [1.29, 1.82) is 0 Å². The second-order valence-electron chi connectivity index (χ2n) is 5.90. The number of carbonyl (C=O) groups is 1. The molecule has 3 N–H and O–H groups in total. The Kier molecular flexibility index (Phi) is 9.39. The highest BCUT2D eigenvalue weighted by atomic mass is 31.2. The molecule has 0 fully saturated rings. The van der Waals surface area contributed by atoms with Crippen LogP contribution in [0.2, 0.25) is 0 Å². The molecule has 0 saturated heterocycles. The minimum atomic E-state index is -3.51. The van der Waals surface area contributed by atoms with Crippen molar-refractivity contribution in [3.8, 4) is 5.75 Å². The summed E-state index contributed by atoms with van der Waals surface area (Å²) in [4.78, 5) is 23.6. The van der Waals surface area contributed by atoms with Gasteiger partial charge in [-0.2, -0.15) is 0 Å². The first kappa shape index (κ1) is 24.3. The summed E-state index contributed by atoms with van der Waals surface area (Å²) in [5.41, 5.74) is 6.85. The van der Waals surface area contributed by atoms with Crippen LogP contribution in [-0.4, -0.2) is 52.1 Å². The van der Waals surface area contributed by atoms with E-state index in [-0.39, 0.29) is 19.5 Å². The zero-order valence-corrected chi connectivity index (χ0v) is 18.6. The molecule has 3 aromatic rings. The summed E-state index contributed by atoms with van der Waals surface area (Å²) < 4.78 is 30.6. The number of fused-ring (bicyclic) bond motifs is 1. The number of hydrogen-bond acceptors (Lipinski definition) is 9. The summed E-state index contributed by atoms with van der Waals surface area (Å²) >= 11 is 0. The Balaban J connectivity index is 0.00000166. The fraction of sp³-hybridized carbons (Fsp3) is 0.368. The molecule has 0 amide bonds. The molecule has 0 spiro atoms. The quantitative estimate of drug-likeness (QED) is 0.268. The SMILES string of the molecule is CC.COC(=O)CN[P@@](=O)(COCCn1cnc2c(N)ncnc21)Oc1ccccc1. The Morgan fingerprint density at radius 1 is 1.19 bits per heavy atom. The summed E-state index contributed by atoms with van der Waals surface area (Å²) in [6.45, 7) is 4.33. The molecule has 12 heteroatoms. The zero-order chi connectivity index (χ0) is 22.7. The van der Waals surface area contributed by atoms with E-state index in [0.717, 1.165) is 0 Å². The number of methoxy groups -OCH3 is 1. The van der Waals surface area contributed by atoms with E-state index in [9.17, 15) is 9.36 Å². The van der Waals surface area contributed by atoms with Crippen LogP contribution in [0.1, 0.15) is 13.8 Å². The van der Waals surface area contributed by atoms with Crippen LogP contribution in [-0.2, 0) is 25.4 Å². The monoisotopic (exact) mass is 450 g/mol. The van der Waals surface area contributed by atoms with Crippen LogP contribution in [0, 0.1) is 0 Å². The summed E-state index contributed by atoms with van der Waals surface area (Å²) in [6, 6.07) is 8.63. The van der Waals surface area contributed by atoms with Crippen LogP contribution >= 0.6 is 7.52 Å². The third kappa shape index (κ3) is 7.02. The molecule has 0 bridgehead atoms. The van der Waals surface area contributed by atoms with E-state index in [1.807, 2.05) is 19.9 Å². The normalized spacial score (nSPS) is 12.5. The van der Waals surface area contributed by atoms with Crippen LogP contribution in [0.4, 0.5) is 5.82 Å². The van der Waals surface area contributed by atoms with Crippen LogP contribution in [0.25, 0.3) is 11.2 Å². The summed E-state index contributed by atoms with van der Waals surface area (Å²) in [6.07, 6.45) is 2.69. The number of hydrogen-bond donors (Lipinski definition) is 2. The average molecular weight is 450 g/mol. The molecule has 0 unspecified atom stereocenters. The van der Waals surface area contributed by atoms with Gasteiger partial charge in [0, 0.05) is 6.54 Å². The van der Waals surface area contributed by atoms with Gasteiger partial charge in [0.1, 0.15) is 30.5 Å². The maximum absolute atomic E-state index is 13.1. The molecule has 2 aromatic heterocycles. The number of nitrogens with two attached hydrogens (primary N) is 1. The fourth-order valence-corrected chi connectivity index (χ4v) is 3.83. The van der Waals surface area contributed by atoms with E-state index in [2.05, 4.69) is 24.8 Å². The van der Waals surface area contributed by atoms with Crippen molar-refractivity contribution in [3.05, 3.63) is 43.0 Å². The average Bonchev–Trinajstić information content (AvgIpc) is 3.22. The maximum atomic E-state index is 13.1. The van der Waals surface area contributed by atoms with Crippen molar-refractivity contribution in [2.75, 3.05) is 32.3 Å². The van der Waals surface area contributed by atoms with E-state index < -0.39 is 13.5 Å². The topological polar surface area (TPSA) is 143 Å². The molecular formula is C19H27N6O5P. The number of carbonyl (C=O) groups excluding carboxylic acids is 1. The van der Waals surface area contributed by atoms with Gasteiger partial charge in [-0.1, -0.05) is 32.0 Å². The molecule has 3 rings (SSSR count). The number of aromatic nitrogens is 4. The first-order chi connectivity index (χ1) is 15.0. The highest BCUT2D eigenvalue weighted by molar-refractivity contribution is 7.57. The van der Waals surface area contributed by atoms with Gasteiger partial charge >= 0.3 is 13.5 Å². The van der Waals surface area contributed by atoms with Crippen molar-refractivity contribution in [1.82, 2.24) is 24.6 Å². The maximum Gasteiger partial charge on any atom is 0.342 e. The highest BCUT2D eigenvalue weighted by Gasteiger charge is 2.26. The lowest BCUT2D eigenvalue weighted by atomic mass is 10.3. The van der Waals surface area contributed by atoms with Crippen molar-refractivity contribution in [2.45, 2.75) is 20.4 Å². The third-order valence-electron chi connectivity index (χ3n) is 3.86. The number of imidazole rings is 1. The Morgan fingerprint density at radius 2 is 1.94 bits per heavy atom. The molecular weight excluding hydrogens is 423 g/mol. The van der Waals surface area contributed by atoms with Crippen molar-refractivity contribution >= 4 is 30.5 Å². The molecule has 0 aliphatic carbocycles. The largest absolute Gasteiger partial charge is 0.468 e. The van der Waals surface area contributed by atoms with Gasteiger partial charge in [0.25, 0.3) is 0 Å². The smallest absolute Gasteiger partial charge is 0.342 e. The summed E-state index contributed by atoms with van der Waals surface area (Å²) in [5, 5.41) is 2.60. The van der Waals surface area contributed by atoms with Gasteiger partial charge in [0.05, 0.1) is 20.0 Å². The Bertz CT molecular complexity index is 1010. The molecule has 0 radical (unpaired) electrons. The molecule has 2 heterocycles. The standard InChI is InChI=1S/C17H21N6O5P.C2H6/c1-26-14(24)9-22-29(25,28-13-5-3-2-4-6-13)12-27-8-7-23-11-21-15-16(18)19-10-20-17(15)23;1-2/h2-6,10-11H,7-9,12H2,1H3,(H,22,25)(H2,18,19,20);1-2H3/t29-;/m1./s1. The van der Waals surface area contributed by atoms with Crippen LogP contribution < -0.4 is 15.3 Å². The molecule has 168 valence electrons. The fourth-order valence-electron chi connectivity index (χ4n) is 2.42. The molecule has 1 aromatic carbocycles. The number of ether oxygens (including phenoxy) is 2. The number of nitrogens with one attached hydrogen (secondary N) is 1. The first-order valence-electron chi connectivity index (χ1n) is 9.65. The van der Waals surface area contributed by atoms with E-state index in [1.54, 1.807) is 35.2 Å². The van der Waals surface area contributed by atoms with Gasteiger partial charge in [0.2, 0.25) is 0 Å². The predicted molar refractivity (Wildman–Crippen MR) is 117 cm³/mol. The lowest BCUT2D eigenvalue weighted by Crippen LogP contribution is -2.26. The summed E-state index contributed by atoms with van der Waals surface area (Å²) in [5.74, 6) is 0.121. The van der Waals surface area contributed by atoms with Gasteiger partial charge in [-0.05, 0) is 12.1 Å². The third-order valence-corrected chi connectivity index (χ3v) is 5.52. The molecule has 1 atom stereocenters. The number of benzene rings is 1. The van der Waals surface area contributed by atoms with Gasteiger partial charge in [-0.25, -0.2) is 20.0 Å². The number of anilines is 1. The molecule has 0 aliphatic heterocycles. The summed E-state index contributed by atoms with van der Waals surface area (Å²) in [7, 11) is -2.27. The lowest BCUT2D eigenvalue weighted by Gasteiger charge is -2.20. The van der Waals surface area contributed by atoms with E-state index in [1.165, 1.54) is 13.4 Å². The van der Waals surface area contributed by atoms with Crippen LogP contribution in [0.15, 0.2) is 43.0 Å². The Labute approximate surface area is 180 Å². The zero-order valence-electron chi connectivity index (χ0n) is 17.7. The highest BCUT2D eigenvalue weighted by Crippen LogP contribution is 2.42. The van der Waals surface area contributed by atoms with Crippen LogP contribution in [0.3, 0.4) is 0 Å². The first-order valence-corrected chi connectivity index (χ1v) is 11.5. The van der Waals surface area contributed by atoms with Crippen molar-refractivity contribution < 1.29 is 23.4 Å². The van der Waals surface area contributed by atoms with Gasteiger partial charge in [0.15, 0.2) is 11.5 Å². The van der Waals surface area contributed by atoms with Gasteiger partial charge in [-0.15, -0.1) is 0 Å². The molecule has 0 aliphatic rings. The van der Waals surface area contributed by atoms with Crippen molar-refractivity contribution in [2.24, 2.45) is 0 Å². The van der Waals surface area contributed by atoms with E-state index in [4.69, 9.17) is 15.0 Å². The van der Waals surface area contributed by atoms with E-state index >= 15 is 0 Å². The number of nitrogens with zero attached hydrogens (tertiary/aromatic N) is 4. The molecule has 11 nitrogen and oxygen atoms in total. The number of para-hydroxylation sites is 1. The minimum Gasteiger partial charge on any atom is -0.468 e. The second-order valence-corrected chi connectivity index (χ2v) is 8.00. The molecule has 0 saturated carbocycles. The van der Waals surface area contributed by atoms with Gasteiger partial charge < -0.3 is 24.3 Å². The predicted octanol–water partition coefficient (Wildman–Crippen LogP) is 2.44. The van der Waals surface area contributed by atoms with Gasteiger partial charge in [-0.3, -0.25) is 9.36 Å². The minimum absolute atomic E-state index is 0.206.